The number of aryl methyl sites for hydroxylation is 2. The first-order valence-corrected chi connectivity index (χ1v) is 4.99. The molecule has 0 radical (unpaired) electrons. The predicted octanol–water partition coefficient (Wildman–Crippen LogP) is 2.25. The Hall–Kier alpha value is -1.51. The summed E-state index contributed by atoms with van der Waals surface area (Å²) in [5.74, 6) is 0.436. The van der Waals surface area contributed by atoms with Crippen molar-refractivity contribution in [3.8, 4) is 5.75 Å². The van der Waals surface area contributed by atoms with E-state index in [0.29, 0.717) is 6.61 Å². The predicted molar refractivity (Wildman–Crippen MR) is 58.0 cm³/mol. The zero-order chi connectivity index (χ0) is 11.3. The number of para-hydroxylation sites is 1. The number of esters is 1. The van der Waals surface area contributed by atoms with E-state index in [1.807, 2.05) is 32.0 Å². The summed E-state index contributed by atoms with van der Waals surface area (Å²) in [6.45, 7) is 6.03. The first-order valence-electron chi connectivity index (χ1n) is 4.99. The van der Waals surface area contributed by atoms with Gasteiger partial charge < -0.3 is 9.47 Å². The van der Waals surface area contributed by atoms with Crippen molar-refractivity contribution in [1.82, 2.24) is 0 Å². The molecule has 0 aromatic heterocycles. The lowest BCUT2D eigenvalue weighted by atomic mass is 10.1. The van der Waals surface area contributed by atoms with Crippen molar-refractivity contribution < 1.29 is 14.3 Å². The average molecular weight is 208 g/mol. The number of carbonyl (C=O) groups is 1. The average Bonchev–Trinajstić information content (AvgIpc) is 2.17. The second-order valence-electron chi connectivity index (χ2n) is 3.31. The van der Waals surface area contributed by atoms with E-state index >= 15 is 0 Å². The quantitative estimate of drug-likeness (QED) is 0.712. The topological polar surface area (TPSA) is 35.5 Å². The molecule has 0 amide bonds. The number of benzene rings is 1. The molecule has 3 nitrogen and oxygen atoms in total. The van der Waals surface area contributed by atoms with E-state index in [1.54, 1.807) is 6.92 Å². The molecule has 0 aliphatic heterocycles. The number of carbonyl (C=O) groups excluding carboxylic acids is 1. The molecule has 82 valence electrons. The Morgan fingerprint density at radius 1 is 1.27 bits per heavy atom. The molecule has 1 aromatic rings. The molecule has 0 aliphatic rings. The molecule has 0 aliphatic carbocycles. The van der Waals surface area contributed by atoms with Gasteiger partial charge >= 0.3 is 5.97 Å². The van der Waals surface area contributed by atoms with Gasteiger partial charge in [-0.05, 0) is 31.9 Å². The number of hydrogen-bond donors (Lipinski definition) is 0. The summed E-state index contributed by atoms with van der Waals surface area (Å²) in [4.78, 5) is 11.1. The summed E-state index contributed by atoms with van der Waals surface area (Å²) >= 11 is 0. The van der Waals surface area contributed by atoms with Crippen LogP contribution in [0.25, 0.3) is 0 Å². The molecule has 0 atom stereocenters. The first-order chi connectivity index (χ1) is 7.15. The molecule has 0 bridgehead atoms. The monoisotopic (exact) mass is 208 g/mol. The van der Waals surface area contributed by atoms with Crippen LogP contribution in [0.1, 0.15) is 18.1 Å². The van der Waals surface area contributed by atoms with Gasteiger partial charge in [-0.1, -0.05) is 18.2 Å². The summed E-state index contributed by atoms with van der Waals surface area (Å²) < 4.78 is 10.2. The third-order valence-electron chi connectivity index (χ3n) is 2.05. The van der Waals surface area contributed by atoms with Gasteiger partial charge in [0.05, 0.1) is 6.61 Å². The van der Waals surface area contributed by atoms with Gasteiger partial charge in [0, 0.05) is 0 Å². The molecule has 1 rings (SSSR count). The summed E-state index contributed by atoms with van der Waals surface area (Å²) in [6.07, 6.45) is 0. The summed E-state index contributed by atoms with van der Waals surface area (Å²) in [6, 6.07) is 5.86. The highest BCUT2D eigenvalue weighted by molar-refractivity contribution is 5.71. The van der Waals surface area contributed by atoms with Gasteiger partial charge in [-0.15, -0.1) is 0 Å². The fourth-order valence-corrected chi connectivity index (χ4v) is 1.36. The molecule has 0 heterocycles. The van der Waals surface area contributed by atoms with Crippen LogP contribution in [-0.2, 0) is 9.53 Å². The van der Waals surface area contributed by atoms with Crippen LogP contribution in [0.15, 0.2) is 18.2 Å². The maximum absolute atomic E-state index is 11.1. The molecule has 0 saturated carbocycles. The standard InChI is InChI=1S/C12H16O3/c1-4-14-11(13)8-15-12-9(2)6-5-7-10(12)3/h5-7H,4,8H2,1-3H3. The highest BCUT2D eigenvalue weighted by Gasteiger charge is 2.06. The SMILES string of the molecule is CCOC(=O)COc1c(C)cccc1C. The van der Waals surface area contributed by atoms with Crippen molar-refractivity contribution >= 4 is 5.97 Å². The second kappa shape index (κ2) is 5.39. The van der Waals surface area contributed by atoms with Crippen molar-refractivity contribution in [3.63, 3.8) is 0 Å². The zero-order valence-electron chi connectivity index (χ0n) is 9.37. The summed E-state index contributed by atoms with van der Waals surface area (Å²) in [5.41, 5.74) is 2.05. The number of hydrogen-bond acceptors (Lipinski definition) is 3. The van der Waals surface area contributed by atoms with Crippen molar-refractivity contribution in [2.75, 3.05) is 13.2 Å². The Balaban J connectivity index is 2.61. The van der Waals surface area contributed by atoms with Crippen molar-refractivity contribution in [3.05, 3.63) is 29.3 Å². The maximum atomic E-state index is 11.1. The molecular formula is C12H16O3. The minimum absolute atomic E-state index is 0.0282. The third kappa shape index (κ3) is 3.27. The first kappa shape index (κ1) is 11.6. The fraction of sp³-hybridized carbons (Fsp3) is 0.417. The second-order valence-corrected chi connectivity index (χ2v) is 3.31. The smallest absolute Gasteiger partial charge is 0.344 e. The van der Waals surface area contributed by atoms with E-state index in [4.69, 9.17) is 9.47 Å². The Labute approximate surface area is 90.0 Å². The van der Waals surface area contributed by atoms with E-state index in [1.165, 1.54) is 0 Å². The van der Waals surface area contributed by atoms with Gasteiger partial charge in [0.25, 0.3) is 0 Å². The van der Waals surface area contributed by atoms with Gasteiger partial charge in [0.2, 0.25) is 0 Å². The highest BCUT2D eigenvalue weighted by atomic mass is 16.6. The lowest BCUT2D eigenvalue weighted by Crippen LogP contribution is -2.15. The summed E-state index contributed by atoms with van der Waals surface area (Å²) in [7, 11) is 0. The molecule has 0 unspecified atom stereocenters. The van der Waals surface area contributed by atoms with Gasteiger partial charge in [-0.3, -0.25) is 0 Å². The molecule has 0 spiro atoms. The van der Waals surface area contributed by atoms with E-state index in [0.717, 1.165) is 16.9 Å². The summed E-state index contributed by atoms with van der Waals surface area (Å²) in [5, 5.41) is 0. The van der Waals surface area contributed by atoms with Crippen LogP contribution < -0.4 is 4.74 Å². The van der Waals surface area contributed by atoms with E-state index in [9.17, 15) is 4.79 Å². The third-order valence-corrected chi connectivity index (χ3v) is 2.05. The van der Waals surface area contributed by atoms with Crippen molar-refractivity contribution in [2.24, 2.45) is 0 Å². The largest absolute Gasteiger partial charge is 0.481 e. The van der Waals surface area contributed by atoms with Gasteiger partial charge in [0.15, 0.2) is 6.61 Å². The van der Waals surface area contributed by atoms with Crippen molar-refractivity contribution in [2.45, 2.75) is 20.8 Å². The molecule has 0 fully saturated rings. The minimum atomic E-state index is -0.333. The van der Waals surface area contributed by atoms with Crippen LogP contribution in [0.2, 0.25) is 0 Å². The zero-order valence-corrected chi connectivity index (χ0v) is 9.37. The molecule has 1 aromatic carbocycles. The van der Waals surface area contributed by atoms with Crippen LogP contribution in [0.3, 0.4) is 0 Å². The molecular weight excluding hydrogens is 192 g/mol. The van der Waals surface area contributed by atoms with Crippen LogP contribution >= 0.6 is 0 Å². The lowest BCUT2D eigenvalue weighted by molar-refractivity contribution is -0.145. The Morgan fingerprint density at radius 3 is 2.40 bits per heavy atom. The van der Waals surface area contributed by atoms with E-state index < -0.39 is 0 Å². The van der Waals surface area contributed by atoms with Crippen LogP contribution in [-0.4, -0.2) is 19.2 Å². The van der Waals surface area contributed by atoms with Crippen molar-refractivity contribution in [1.29, 1.82) is 0 Å². The van der Waals surface area contributed by atoms with Gasteiger partial charge in [-0.2, -0.15) is 0 Å². The minimum Gasteiger partial charge on any atom is -0.481 e. The number of ether oxygens (including phenoxy) is 2. The Kier molecular flexibility index (Phi) is 4.16. The molecule has 3 heteroatoms. The Morgan fingerprint density at radius 2 is 1.87 bits per heavy atom. The van der Waals surface area contributed by atoms with Crippen LogP contribution in [0.4, 0.5) is 0 Å². The van der Waals surface area contributed by atoms with Gasteiger partial charge in [-0.25, -0.2) is 4.79 Å². The lowest BCUT2D eigenvalue weighted by Gasteiger charge is -2.10. The van der Waals surface area contributed by atoms with Gasteiger partial charge in [0.1, 0.15) is 5.75 Å². The fourth-order valence-electron chi connectivity index (χ4n) is 1.36. The van der Waals surface area contributed by atoms with E-state index in [2.05, 4.69) is 0 Å². The molecule has 15 heavy (non-hydrogen) atoms. The normalized spacial score (nSPS) is 9.80. The van der Waals surface area contributed by atoms with E-state index in [-0.39, 0.29) is 12.6 Å². The van der Waals surface area contributed by atoms with Crippen LogP contribution in [0, 0.1) is 13.8 Å². The van der Waals surface area contributed by atoms with Crippen LogP contribution in [0.5, 0.6) is 5.75 Å². The maximum Gasteiger partial charge on any atom is 0.344 e. The molecule has 0 N–H and O–H groups in total. The number of rotatable bonds is 4. The Bertz CT molecular complexity index is 324. The molecule has 0 saturated heterocycles. The highest BCUT2D eigenvalue weighted by Crippen LogP contribution is 2.21.